The van der Waals surface area contributed by atoms with Crippen LogP contribution in [0.4, 0.5) is 4.39 Å². The molecule has 0 saturated carbocycles. The topological polar surface area (TPSA) is 39.2 Å². The number of nitrogens with two attached hydrogens (primary N) is 1. The Morgan fingerprint density at radius 3 is 2.67 bits per heavy atom. The minimum Gasteiger partial charge on any atom is -0.460 e. The second-order valence-electron chi connectivity index (χ2n) is 3.10. The van der Waals surface area contributed by atoms with Crippen LogP contribution in [0.5, 0.6) is 0 Å². The molecule has 2 nitrogen and oxygen atoms in total. The summed E-state index contributed by atoms with van der Waals surface area (Å²) in [5.74, 6) is 1.01. The van der Waals surface area contributed by atoms with Gasteiger partial charge in [-0.05, 0) is 46.3 Å². The first-order chi connectivity index (χ1) is 7.20. The Hall–Kier alpha value is -1.13. The number of rotatable bonds is 2. The van der Waals surface area contributed by atoms with Crippen LogP contribution in [0.1, 0.15) is 5.76 Å². The van der Waals surface area contributed by atoms with Gasteiger partial charge in [0.05, 0.1) is 11.0 Å². The second-order valence-corrected chi connectivity index (χ2v) is 3.95. The number of hydrogen-bond acceptors (Lipinski definition) is 2. The molecule has 0 amide bonds. The number of benzene rings is 1. The molecule has 1 aromatic carbocycles. The fourth-order valence-corrected chi connectivity index (χ4v) is 1.54. The van der Waals surface area contributed by atoms with Crippen molar-refractivity contribution < 1.29 is 8.81 Å². The largest absolute Gasteiger partial charge is 0.460 e. The van der Waals surface area contributed by atoms with E-state index in [2.05, 4.69) is 15.9 Å². The van der Waals surface area contributed by atoms with Crippen molar-refractivity contribution in [3.63, 3.8) is 0 Å². The minimum atomic E-state index is -0.307. The molecule has 0 atom stereocenters. The van der Waals surface area contributed by atoms with Gasteiger partial charge in [0.15, 0.2) is 0 Å². The Labute approximate surface area is 95.0 Å². The number of furan rings is 1. The predicted molar refractivity (Wildman–Crippen MR) is 59.7 cm³/mol. The molecule has 0 fully saturated rings. The smallest absolute Gasteiger partial charge is 0.138 e. The molecular weight excluding hydrogens is 261 g/mol. The number of hydrogen-bond donors (Lipinski definition) is 1. The Balaban J connectivity index is 2.40. The van der Waals surface area contributed by atoms with Crippen LogP contribution in [0.15, 0.2) is 39.2 Å². The molecule has 0 aliphatic heterocycles. The summed E-state index contributed by atoms with van der Waals surface area (Å²) < 4.78 is 19.1. The third-order valence-electron chi connectivity index (χ3n) is 2.07. The van der Waals surface area contributed by atoms with E-state index in [0.717, 1.165) is 0 Å². The third kappa shape index (κ3) is 2.11. The molecule has 2 aromatic rings. The molecule has 0 bridgehead atoms. The summed E-state index contributed by atoms with van der Waals surface area (Å²) in [5, 5.41) is 0. The van der Waals surface area contributed by atoms with Crippen molar-refractivity contribution in [2.45, 2.75) is 6.54 Å². The van der Waals surface area contributed by atoms with Crippen molar-refractivity contribution in [2.24, 2.45) is 5.73 Å². The maximum absolute atomic E-state index is 13.2. The van der Waals surface area contributed by atoms with E-state index in [-0.39, 0.29) is 5.82 Å². The summed E-state index contributed by atoms with van der Waals surface area (Å²) in [6.07, 6.45) is 0. The van der Waals surface area contributed by atoms with Crippen LogP contribution in [0.2, 0.25) is 0 Å². The van der Waals surface area contributed by atoms with Gasteiger partial charge in [0, 0.05) is 5.56 Å². The van der Waals surface area contributed by atoms with Gasteiger partial charge in [0.25, 0.3) is 0 Å². The van der Waals surface area contributed by atoms with Crippen molar-refractivity contribution in [1.29, 1.82) is 0 Å². The van der Waals surface area contributed by atoms with Crippen LogP contribution in [0, 0.1) is 5.82 Å². The maximum atomic E-state index is 13.2. The van der Waals surface area contributed by atoms with E-state index < -0.39 is 0 Å². The molecule has 0 saturated heterocycles. The second kappa shape index (κ2) is 4.16. The zero-order valence-corrected chi connectivity index (χ0v) is 9.42. The number of halogens is 2. The van der Waals surface area contributed by atoms with Crippen molar-refractivity contribution >= 4 is 15.9 Å². The van der Waals surface area contributed by atoms with Gasteiger partial charge in [0.1, 0.15) is 17.3 Å². The highest BCUT2D eigenvalue weighted by molar-refractivity contribution is 9.10. The van der Waals surface area contributed by atoms with Crippen molar-refractivity contribution in [3.05, 3.63) is 46.4 Å². The van der Waals surface area contributed by atoms with E-state index in [1.807, 2.05) is 0 Å². The zero-order valence-electron chi connectivity index (χ0n) is 7.84. The highest BCUT2D eigenvalue weighted by Crippen LogP contribution is 2.25. The van der Waals surface area contributed by atoms with Gasteiger partial charge in [-0.3, -0.25) is 0 Å². The average Bonchev–Trinajstić information content (AvgIpc) is 2.70. The summed E-state index contributed by atoms with van der Waals surface area (Å²) in [7, 11) is 0. The highest BCUT2D eigenvalue weighted by Gasteiger charge is 2.06. The monoisotopic (exact) mass is 269 g/mol. The van der Waals surface area contributed by atoms with E-state index in [1.165, 1.54) is 6.07 Å². The minimum absolute atomic E-state index is 0.307. The molecule has 4 heteroatoms. The van der Waals surface area contributed by atoms with Crippen LogP contribution in [0.3, 0.4) is 0 Å². The molecule has 1 heterocycles. The lowest BCUT2D eigenvalue weighted by Crippen LogP contribution is -1.92. The van der Waals surface area contributed by atoms with E-state index >= 15 is 0 Å². The Morgan fingerprint density at radius 2 is 2.07 bits per heavy atom. The fourth-order valence-electron chi connectivity index (χ4n) is 1.29. The van der Waals surface area contributed by atoms with Crippen LogP contribution < -0.4 is 5.73 Å². The first-order valence-corrected chi connectivity index (χ1v) is 5.24. The van der Waals surface area contributed by atoms with E-state index in [4.69, 9.17) is 10.2 Å². The lowest BCUT2D eigenvalue weighted by atomic mass is 10.2. The molecule has 2 rings (SSSR count). The normalized spacial score (nSPS) is 10.6. The van der Waals surface area contributed by atoms with Crippen LogP contribution >= 0.6 is 15.9 Å². The first-order valence-electron chi connectivity index (χ1n) is 4.45. The predicted octanol–water partition coefficient (Wildman–Crippen LogP) is 3.31. The molecule has 0 aliphatic rings. The van der Waals surface area contributed by atoms with Gasteiger partial charge < -0.3 is 10.2 Å². The fraction of sp³-hybridized carbons (Fsp3) is 0.0909. The Bertz CT molecular complexity index is 481. The average molecular weight is 270 g/mol. The Kier molecular flexibility index (Phi) is 2.88. The van der Waals surface area contributed by atoms with E-state index in [1.54, 1.807) is 24.3 Å². The van der Waals surface area contributed by atoms with Crippen LogP contribution in [-0.4, -0.2) is 0 Å². The lowest BCUT2D eigenvalue weighted by Gasteiger charge is -1.99. The molecular formula is C11H9BrFNO. The summed E-state index contributed by atoms with van der Waals surface area (Å²) >= 11 is 3.10. The lowest BCUT2D eigenvalue weighted by molar-refractivity contribution is 0.524. The molecule has 78 valence electrons. The molecule has 0 spiro atoms. The molecule has 0 radical (unpaired) electrons. The summed E-state index contributed by atoms with van der Waals surface area (Å²) in [6, 6.07) is 8.42. The molecule has 2 N–H and O–H groups in total. The van der Waals surface area contributed by atoms with Gasteiger partial charge in [-0.2, -0.15) is 0 Å². The van der Waals surface area contributed by atoms with Crippen molar-refractivity contribution in [2.75, 3.05) is 0 Å². The molecule has 15 heavy (non-hydrogen) atoms. The van der Waals surface area contributed by atoms with Crippen molar-refractivity contribution in [3.8, 4) is 11.3 Å². The highest BCUT2D eigenvalue weighted by atomic mass is 79.9. The van der Waals surface area contributed by atoms with E-state index in [0.29, 0.717) is 28.1 Å². The van der Waals surface area contributed by atoms with Crippen LogP contribution in [-0.2, 0) is 6.54 Å². The van der Waals surface area contributed by atoms with E-state index in [9.17, 15) is 4.39 Å². The van der Waals surface area contributed by atoms with Crippen molar-refractivity contribution in [1.82, 2.24) is 0 Å². The standard InChI is InChI=1S/C11H9BrFNO/c12-9-3-1-7(5-10(9)13)11-4-2-8(6-14)15-11/h1-5H,6,14H2. The maximum Gasteiger partial charge on any atom is 0.138 e. The van der Waals surface area contributed by atoms with Gasteiger partial charge in [-0.15, -0.1) is 0 Å². The molecule has 1 aromatic heterocycles. The zero-order chi connectivity index (χ0) is 10.8. The Morgan fingerprint density at radius 1 is 1.27 bits per heavy atom. The first kappa shape index (κ1) is 10.4. The van der Waals surface area contributed by atoms with Crippen LogP contribution in [0.25, 0.3) is 11.3 Å². The van der Waals surface area contributed by atoms with Gasteiger partial charge >= 0.3 is 0 Å². The third-order valence-corrected chi connectivity index (χ3v) is 2.71. The quantitative estimate of drug-likeness (QED) is 0.909. The summed E-state index contributed by atoms with van der Waals surface area (Å²) in [5.41, 5.74) is 6.12. The summed E-state index contributed by atoms with van der Waals surface area (Å²) in [6.45, 7) is 0.346. The molecule has 0 unspecified atom stereocenters. The molecule has 0 aliphatic carbocycles. The SMILES string of the molecule is NCc1ccc(-c2ccc(Br)c(F)c2)o1. The van der Waals surface area contributed by atoms with Gasteiger partial charge in [0.2, 0.25) is 0 Å². The van der Waals surface area contributed by atoms with Gasteiger partial charge in [-0.25, -0.2) is 4.39 Å². The van der Waals surface area contributed by atoms with Gasteiger partial charge in [-0.1, -0.05) is 0 Å². The summed E-state index contributed by atoms with van der Waals surface area (Å²) in [4.78, 5) is 0.